The molecule has 0 aliphatic heterocycles. The van der Waals surface area contributed by atoms with Crippen molar-refractivity contribution in [2.75, 3.05) is 0 Å². The summed E-state index contributed by atoms with van der Waals surface area (Å²) in [4.78, 5) is 0. The first-order valence-electron chi connectivity index (χ1n) is 13.4. The Labute approximate surface area is 194 Å². The zero-order valence-electron chi connectivity index (χ0n) is 20.2. The van der Waals surface area contributed by atoms with Crippen LogP contribution in [-0.2, 0) is 0 Å². The Morgan fingerprint density at radius 3 is 2.09 bits per heavy atom. The fourth-order valence-corrected chi connectivity index (χ4v) is 6.66. The van der Waals surface area contributed by atoms with Gasteiger partial charge in [-0.2, -0.15) is 0 Å². The van der Waals surface area contributed by atoms with Crippen LogP contribution < -0.4 is 0 Å². The summed E-state index contributed by atoms with van der Waals surface area (Å²) in [7, 11) is 0. The molecule has 2 unspecified atom stereocenters. The molecule has 2 fully saturated rings. The summed E-state index contributed by atoms with van der Waals surface area (Å²) < 4.78 is 28.4. The minimum Gasteiger partial charge on any atom is -0.203 e. The molecule has 0 nitrogen and oxygen atoms in total. The molecule has 1 aromatic carbocycles. The van der Waals surface area contributed by atoms with Gasteiger partial charge in [-0.15, -0.1) is 0 Å². The minimum atomic E-state index is -0.652. The Bertz CT molecular complexity index is 791. The molecule has 4 rings (SSSR count). The van der Waals surface area contributed by atoms with E-state index >= 15 is 0 Å². The van der Waals surface area contributed by atoms with Crippen LogP contribution in [0.1, 0.15) is 101 Å². The van der Waals surface area contributed by atoms with E-state index in [1.165, 1.54) is 64.2 Å². The number of rotatable bonds is 6. The molecule has 0 bridgehead atoms. The smallest absolute Gasteiger partial charge is 0.162 e. The Morgan fingerprint density at radius 2 is 1.47 bits per heavy atom. The van der Waals surface area contributed by atoms with E-state index in [0.29, 0.717) is 17.0 Å². The highest BCUT2D eigenvalue weighted by atomic mass is 19.2. The van der Waals surface area contributed by atoms with Crippen molar-refractivity contribution in [2.24, 2.45) is 29.6 Å². The maximum Gasteiger partial charge on any atom is 0.162 e. The Kier molecular flexibility index (Phi) is 8.24. The lowest BCUT2D eigenvalue weighted by atomic mass is 9.68. The average Bonchev–Trinajstić information content (AvgIpc) is 2.83. The van der Waals surface area contributed by atoms with Crippen LogP contribution in [0.3, 0.4) is 0 Å². The summed E-state index contributed by atoms with van der Waals surface area (Å²) in [6, 6.07) is 3.56. The molecule has 1 aromatic rings. The maximum absolute atomic E-state index is 14.4. The molecule has 0 amide bonds. The van der Waals surface area contributed by atoms with Crippen LogP contribution in [0.5, 0.6) is 0 Å². The molecule has 3 aliphatic rings. The highest BCUT2D eigenvalue weighted by Gasteiger charge is 2.32. The molecule has 2 atom stereocenters. The largest absolute Gasteiger partial charge is 0.203 e. The third-order valence-corrected chi connectivity index (χ3v) is 8.79. The molecule has 176 valence electrons. The van der Waals surface area contributed by atoms with Crippen LogP contribution in [0.15, 0.2) is 36.4 Å². The number of benzene rings is 1. The first-order chi connectivity index (χ1) is 15.5. The van der Waals surface area contributed by atoms with E-state index < -0.39 is 11.6 Å². The molecule has 0 saturated heterocycles. The molecule has 0 spiro atoms. The number of hydrogen-bond acceptors (Lipinski definition) is 0. The van der Waals surface area contributed by atoms with E-state index in [4.69, 9.17) is 0 Å². The molecule has 0 heterocycles. The van der Waals surface area contributed by atoms with Gasteiger partial charge < -0.3 is 0 Å². The van der Waals surface area contributed by atoms with Crippen molar-refractivity contribution in [3.63, 3.8) is 0 Å². The second-order valence-corrected chi connectivity index (χ2v) is 10.9. The van der Waals surface area contributed by atoms with Gasteiger partial charge >= 0.3 is 0 Å². The van der Waals surface area contributed by atoms with Gasteiger partial charge in [0.15, 0.2) is 11.6 Å². The first-order valence-corrected chi connectivity index (χ1v) is 13.4. The minimum absolute atomic E-state index is 0.195. The highest BCUT2D eigenvalue weighted by Crippen LogP contribution is 2.44. The van der Waals surface area contributed by atoms with Crippen molar-refractivity contribution >= 4 is 0 Å². The summed E-state index contributed by atoms with van der Waals surface area (Å²) in [6.45, 7) is 3.92. The number of halogens is 2. The van der Waals surface area contributed by atoms with Crippen molar-refractivity contribution in [2.45, 2.75) is 96.8 Å². The van der Waals surface area contributed by atoms with Crippen molar-refractivity contribution in [1.29, 1.82) is 0 Å². The average molecular weight is 441 g/mol. The van der Waals surface area contributed by atoms with Crippen LogP contribution in [0.4, 0.5) is 8.78 Å². The Morgan fingerprint density at radius 1 is 0.781 bits per heavy atom. The number of allylic oxidation sites excluding steroid dienone is 4. The first kappa shape index (κ1) is 23.7. The van der Waals surface area contributed by atoms with Crippen LogP contribution in [0.2, 0.25) is 0 Å². The number of aryl methyl sites for hydroxylation is 1. The van der Waals surface area contributed by atoms with Gasteiger partial charge in [-0.1, -0.05) is 49.8 Å². The van der Waals surface area contributed by atoms with Gasteiger partial charge in [-0.25, -0.2) is 8.78 Å². The lowest BCUT2D eigenvalue weighted by molar-refractivity contribution is 0.170. The molecular weight excluding hydrogens is 398 g/mol. The third-order valence-electron chi connectivity index (χ3n) is 8.79. The zero-order chi connectivity index (χ0) is 22.5. The summed E-state index contributed by atoms with van der Waals surface area (Å²) in [5, 5.41) is 0. The molecule has 2 saturated carbocycles. The van der Waals surface area contributed by atoms with Gasteiger partial charge in [-0.05, 0) is 124 Å². The van der Waals surface area contributed by atoms with Crippen molar-refractivity contribution in [3.8, 4) is 0 Å². The van der Waals surface area contributed by atoms with Gasteiger partial charge in [0.1, 0.15) is 0 Å². The van der Waals surface area contributed by atoms with E-state index in [2.05, 4.69) is 31.2 Å². The topological polar surface area (TPSA) is 0 Å². The van der Waals surface area contributed by atoms with Crippen molar-refractivity contribution in [3.05, 3.63) is 59.2 Å². The quantitative estimate of drug-likeness (QED) is 0.387. The fourth-order valence-electron chi connectivity index (χ4n) is 6.66. The van der Waals surface area contributed by atoms with Gasteiger partial charge in [0.25, 0.3) is 0 Å². The Balaban J connectivity index is 1.21. The summed E-state index contributed by atoms with van der Waals surface area (Å²) in [5.41, 5.74) is 1.02. The zero-order valence-corrected chi connectivity index (χ0v) is 20.2. The van der Waals surface area contributed by atoms with Crippen molar-refractivity contribution < 1.29 is 8.78 Å². The molecule has 32 heavy (non-hydrogen) atoms. The van der Waals surface area contributed by atoms with Crippen LogP contribution in [-0.4, -0.2) is 0 Å². The molecule has 0 radical (unpaired) electrons. The molecule has 0 N–H and O–H groups in total. The second kappa shape index (κ2) is 11.1. The number of hydrogen-bond donors (Lipinski definition) is 0. The van der Waals surface area contributed by atoms with Crippen molar-refractivity contribution in [1.82, 2.24) is 0 Å². The van der Waals surface area contributed by atoms with E-state index in [-0.39, 0.29) is 5.92 Å². The maximum atomic E-state index is 14.4. The summed E-state index contributed by atoms with van der Waals surface area (Å²) >= 11 is 0. The second-order valence-electron chi connectivity index (χ2n) is 10.9. The molecule has 3 aliphatic carbocycles. The van der Waals surface area contributed by atoms with Gasteiger partial charge in [0.2, 0.25) is 0 Å². The third kappa shape index (κ3) is 5.72. The highest BCUT2D eigenvalue weighted by molar-refractivity contribution is 5.28. The van der Waals surface area contributed by atoms with Gasteiger partial charge in [0.05, 0.1) is 0 Å². The standard InChI is InChI=1S/C30H42F2/c1-3-4-22-6-8-23(9-7-22)10-11-24-12-14-25(15-13-24)26-16-18-27(19-17-26)28-20-5-21(2)29(31)30(28)32/h5-6,8,10-11,20,22-27H,3-4,7,9,12-19H2,1-2H3/b11-10+. The summed E-state index contributed by atoms with van der Waals surface area (Å²) in [6.07, 6.45) is 25.0. The molecular formula is C30H42F2. The van der Waals surface area contributed by atoms with Gasteiger partial charge in [-0.3, -0.25) is 0 Å². The van der Waals surface area contributed by atoms with E-state index in [0.717, 1.165) is 36.5 Å². The van der Waals surface area contributed by atoms with Crippen LogP contribution >= 0.6 is 0 Å². The summed E-state index contributed by atoms with van der Waals surface area (Å²) in [5.74, 6) is 2.79. The van der Waals surface area contributed by atoms with E-state index in [1.807, 2.05) is 6.07 Å². The van der Waals surface area contributed by atoms with E-state index in [1.54, 1.807) is 13.0 Å². The normalized spacial score (nSPS) is 33.6. The SMILES string of the molecule is CCCC1C=CC(/C=C/C2CCC(C3CCC(c4ccc(C)c(F)c4F)CC3)CC2)CC1. The van der Waals surface area contributed by atoms with E-state index in [9.17, 15) is 8.78 Å². The molecule has 0 aromatic heterocycles. The van der Waals surface area contributed by atoms with Crippen LogP contribution in [0, 0.1) is 48.1 Å². The monoisotopic (exact) mass is 440 g/mol. The Hall–Kier alpha value is -1.44. The molecule has 2 heteroatoms. The fraction of sp³-hybridized carbons (Fsp3) is 0.667. The lowest BCUT2D eigenvalue weighted by Crippen LogP contribution is -2.25. The van der Waals surface area contributed by atoms with Gasteiger partial charge in [0, 0.05) is 0 Å². The predicted octanol–water partition coefficient (Wildman–Crippen LogP) is 9.29. The lowest BCUT2D eigenvalue weighted by Gasteiger charge is -2.37. The predicted molar refractivity (Wildman–Crippen MR) is 131 cm³/mol. The van der Waals surface area contributed by atoms with Crippen LogP contribution in [0.25, 0.3) is 0 Å².